The van der Waals surface area contributed by atoms with Crippen LogP contribution in [0.25, 0.3) is 22.0 Å². The fraction of sp³-hybridized carbons (Fsp3) is 0.286. The van der Waals surface area contributed by atoms with Crippen LogP contribution in [0, 0.1) is 0 Å². The molecule has 0 aliphatic carbocycles. The molecule has 128 valence electrons. The van der Waals surface area contributed by atoms with E-state index >= 15 is 0 Å². The Morgan fingerprint density at radius 1 is 1.04 bits per heavy atom. The molecule has 1 aliphatic heterocycles. The van der Waals surface area contributed by atoms with E-state index in [0.29, 0.717) is 0 Å². The molecule has 0 amide bonds. The van der Waals surface area contributed by atoms with Crippen LogP contribution in [0.2, 0.25) is 0 Å². The van der Waals surface area contributed by atoms with Crippen LogP contribution in [0.4, 0.5) is 0 Å². The van der Waals surface area contributed by atoms with Gasteiger partial charge in [0.15, 0.2) is 0 Å². The molecule has 1 N–H and O–H groups in total. The second kappa shape index (κ2) is 7.46. The Morgan fingerprint density at radius 3 is 2.60 bits per heavy atom. The summed E-state index contributed by atoms with van der Waals surface area (Å²) in [5, 5.41) is 4.47. The summed E-state index contributed by atoms with van der Waals surface area (Å²) in [6, 6.07) is 17.0. The number of thioether (sulfide) groups is 1. The predicted molar refractivity (Wildman–Crippen MR) is 105 cm³/mol. The fourth-order valence-electron chi connectivity index (χ4n) is 3.35. The van der Waals surface area contributed by atoms with Gasteiger partial charge in [-0.25, -0.2) is 0 Å². The first-order valence-electron chi connectivity index (χ1n) is 8.75. The predicted octanol–water partition coefficient (Wildman–Crippen LogP) is 4.75. The molecule has 4 heteroatoms. The van der Waals surface area contributed by atoms with Crippen molar-refractivity contribution in [2.75, 3.05) is 19.3 Å². The number of nitrogens with one attached hydrogen (secondary N) is 1. The van der Waals surface area contributed by atoms with Crippen molar-refractivity contribution in [2.45, 2.75) is 23.8 Å². The van der Waals surface area contributed by atoms with Crippen molar-refractivity contribution >= 4 is 22.7 Å². The summed E-state index contributed by atoms with van der Waals surface area (Å²) in [7, 11) is 0. The summed E-state index contributed by atoms with van der Waals surface area (Å²) >= 11 is 1.76. The number of benzene rings is 2. The van der Waals surface area contributed by atoms with Crippen LogP contribution >= 0.6 is 11.8 Å². The number of hydrogen-bond acceptors (Lipinski definition) is 4. The van der Waals surface area contributed by atoms with Gasteiger partial charge in [0.2, 0.25) is 0 Å². The van der Waals surface area contributed by atoms with Gasteiger partial charge in [0.1, 0.15) is 11.9 Å². The molecule has 0 radical (unpaired) electrons. The number of fused-ring (bicyclic) bond motifs is 1. The van der Waals surface area contributed by atoms with Crippen molar-refractivity contribution < 1.29 is 4.74 Å². The Morgan fingerprint density at radius 2 is 1.84 bits per heavy atom. The summed E-state index contributed by atoms with van der Waals surface area (Å²) in [5.74, 6) is 0.944. The third-order valence-electron chi connectivity index (χ3n) is 4.71. The maximum atomic E-state index is 6.31. The van der Waals surface area contributed by atoms with Crippen LogP contribution in [0.15, 0.2) is 59.6 Å². The van der Waals surface area contributed by atoms with Gasteiger partial charge in [-0.15, -0.1) is 11.8 Å². The average Bonchev–Trinajstić information content (AvgIpc) is 2.69. The topological polar surface area (TPSA) is 34.1 Å². The molecule has 0 atom stereocenters. The maximum absolute atomic E-state index is 6.31. The minimum atomic E-state index is 0.288. The maximum Gasteiger partial charge on any atom is 0.130 e. The van der Waals surface area contributed by atoms with Crippen molar-refractivity contribution in [3.63, 3.8) is 0 Å². The van der Waals surface area contributed by atoms with Crippen LogP contribution in [0.5, 0.6) is 5.75 Å². The first-order chi connectivity index (χ1) is 12.3. The molecular formula is C21H22N2OS. The van der Waals surface area contributed by atoms with E-state index in [1.165, 1.54) is 10.5 Å². The van der Waals surface area contributed by atoms with Gasteiger partial charge in [0.25, 0.3) is 0 Å². The van der Waals surface area contributed by atoms with Crippen LogP contribution in [-0.2, 0) is 0 Å². The first kappa shape index (κ1) is 16.4. The Balaban J connectivity index is 1.72. The van der Waals surface area contributed by atoms with Crippen molar-refractivity contribution in [2.24, 2.45) is 0 Å². The molecule has 0 bridgehead atoms. The summed E-state index contributed by atoms with van der Waals surface area (Å²) in [4.78, 5) is 5.93. The monoisotopic (exact) mass is 350 g/mol. The van der Waals surface area contributed by atoms with E-state index < -0.39 is 0 Å². The molecule has 3 nitrogen and oxygen atoms in total. The molecule has 4 rings (SSSR count). The second-order valence-electron chi connectivity index (χ2n) is 6.31. The quantitative estimate of drug-likeness (QED) is 0.688. The number of aromatic nitrogens is 1. The lowest BCUT2D eigenvalue weighted by Gasteiger charge is -2.24. The largest absolute Gasteiger partial charge is 0.490 e. The number of rotatable bonds is 4. The Bertz CT molecular complexity index is 857. The highest BCUT2D eigenvalue weighted by Crippen LogP contribution is 2.33. The Kier molecular flexibility index (Phi) is 4.90. The van der Waals surface area contributed by atoms with Crippen molar-refractivity contribution in [1.82, 2.24) is 10.3 Å². The van der Waals surface area contributed by atoms with Crippen molar-refractivity contribution in [1.29, 1.82) is 0 Å². The van der Waals surface area contributed by atoms with Gasteiger partial charge in [-0.05, 0) is 62.0 Å². The van der Waals surface area contributed by atoms with Crippen molar-refractivity contribution in [3.8, 4) is 16.9 Å². The van der Waals surface area contributed by atoms with Gasteiger partial charge < -0.3 is 10.1 Å². The number of piperidine rings is 1. The van der Waals surface area contributed by atoms with E-state index in [9.17, 15) is 0 Å². The molecule has 0 spiro atoms. The Labute approximate surface area is 152 Å². The van der Waals surface area contributed by atoms with E-state index in [1.807, 2.05) is 12.3 Å². The summed E-state index contributed by atoms with van der Waals surface area (Å²) in [6.45, 7) is 2.06. The number of ether oxygens (including phenoxy) is 1. The lowest BCUT2D eigenvalue weighted by atomic mass is 10.0. The highest BCUT2D eigenvalue weighted by molar-refractivity contribution is 7.98. The van der Waals surface area contributed by atoms with Crippen LogP contribution in [-0.4, -0.2) is 30.4 Å². The van der Waals surface area contributed by atoms with Gasteiger partial charge in [-0.3, -0.25) is 4.98 Å². The molecule has 0 saturated carbocycles. The minimum absolute atomic E-state index is 0.288. The number of nitrogens with zero attached hydrogens (tertiary/aromatic N) is 1. The molecule has 0 unspecified atom stereocenters. The van der Waals surface area contributed by atoms with E-state index in [4.69, 9.17) is 4.74 Å². The number of hydrogen-bond donors (Lipinski definition) is 1. The standard InChI is InChI=1S/C21H22N2OS/c1-25-17-7-5-15(6-8-17)18-3-2-4-19-20(11-14-23-21(18)19)24-16-9-12-22-13-10-16/h2-8,11,14,16,22H,9-10,12-13H2,1H3. The van der Waals surface area contributed by atoms with E-state index in [1.54, 1.807) is 11.8 Å². The number of pyridine rings is 1. The van der Waals surface area contributed by atoms with Crippen molar-refractivity contribution in [3.05, 3.63) is 54.7 Å². The first-order valence-corrected chi connectivity index (χ1v) is 9.97. The summed E-state index contributed by atoms with van der Waals surface area (Å²) in [5.41, 5.74) is 3.35. The van der Waals surface area contributed by atoms with Crippen LogP contribution in [0.1, 0.15) is 12.8 Å². The molecular weight excluding hydrogens is 328 g/mol. The van der Waals surface area contributed by atoms with Gasteiger partial charge in [0, 0.05) is 22.0 Å². The van der Waals surface area contributed by atoms with E-state index in [-0.39, 0.29) is 6.10 Å². The molecule has 25 heavy (non-hydrogen) atoms. The summed E-state index contributed by atoms with van der Waals surface area (Å²) in [6.07, 6.45) is 6.35. The molecule has 2 heterocycles. The van der Waals surface area contributed by atoms with Gasteiger partial charge in [0.05, 0.1) is 5.52 Å². The lowest BCUT2D eigenvalue weighted by Crippen LogP contribution is -2.34. The molecule has 1 saturated heterocycles. The molecule has 1 fully saturated rings. The molecule has 2 aromatic carbocycles. The zero-order valence-corrected chi connectivity index (χ0v) is 15.2. The van der Waals surface area contributed by atoms with E-state index in [0.717, 1.165) is 48.1 Å². The fourth-order valence-corrected chi connectivity index (χ4v) is 3.76. The minimum Gasteiger partial charge on any atom is -0.490 e. The second-order valence-corrected chi connectivity index (χ2v) is 7.19. The SMILES string of the molecule is CSc1ccc(-c2cccc3c(OC4CCNCC4)ccnc23)cc1. The molecule has 1 aliphatic rings. The lowest BCUT2D eigenvalue weighted by molar-refractivity contribution is 0.164. The third-order valence-corrected chi connectivity index (χ3v) is 5.46. The molecule has 1 aromatic heterocycles. The number of para-hydroxylation sites is 1. The van der Waals surface area contributed by atoms with Crippen LogP contribution < -0.4 is 10.1 Å². The van der Waals surface area contributed by atoms with Gasteiger partial charge in [-0.2, -0.15) is 0 Å². The molecule has 3 aromatic rings. The average molecular weight is 350 g/mol. The van der Waals surface area contributed by atoms with Gasteiger partial charge in [-0.1, -0.05) is 24.3 Å². The Hall–Kier alpha value is -2.04. The smallest absolute Gasteiger partial charge is 0.130 e. The van der Waals surface area contributed by atoms with Crippen LogP contribution in [0.3, 0.4) is 0 Å². The summed E-state index contributed by atoms with van der Waals surface area (Å²) < 4.78 is 6.31. The highest BCUT2D eigenvalue weighted by atomic mass is 32.2. The normalized spacial score (nSPS) is 15.4. The van der Waals surface area contributed by atoms with E-state index in [2.05, 4.69) is 59.0 Å². The zero-order chi connectivity index (χ0) is 17.1. The highest BCUT2D eigenvalue weighted by Gasteiger charge is 2.16. The van der Waals surface area contributed by atoms with Gasteiger partial charge >= 0.3 is 0 Å². The zero-order valence-electron chi connectivity index (χ0n) is 14.4. The third kappa shape index (κ3) is 3.51.